The van der Waals surface area contributed by atoms with E-state index in [1.807, 2.05) is 0 Å². The molecule has 112 valence electrons. The lowest BCUT2D eigenvalue weighted by atomic mass is 10.1. The molecule has 0 saturated carbocycles. The minimum atomic E-state index is -3.27. The summed E-state index contributed by atoms with van der Waals surface area (Å²) in [4.78, 5) is 11.7. The molecule has 0 fully saturated rings. The minimum Gasteiger partial charge on any atom is -0.463 e. The van der Waals surface area contributed by atoms with E-state index in [1.165, 1.54) is 19.2 Å². The Morgan fingerprint density at radius 2 is 1.75 bits per heavy atom. The Balaban J connectivity index is 2.66. The van der Waals surface area contributed by atoms with Gasteiger partial charge in [0, 0.05) is 7.11 Å². The first-order valence-electron chi connectivity index (χ1n) is 6.35. The lowest BCUT2D eigenvalue weighted by molar-refractivity contribution is -0.144. The highest BCUT2D eigenvalue weighted by Gasteiger charge is 2.18. The van der Waals surface area contributed by atoms with E-state index < -0.39 is 15.1 Å². The molecule has 0 aliphatic carbocycles. The molecule has 6 heteroatoms. The van der Waals surface area contributed by atoms with Gasteiger partial charge in [0.1, 0.15) is 6.61 Å². The molecule has 0 heterocycles. The fourth-order valence-electron chi connectivity index (χ4n) is 1.53. The molecule has 5 nitrogen and oxygen atoms in total. The average molecular weight is 300 g/mol. The van der Waals surface area contributed by atoms with Crippen LogP contribution in [0.5, 0.6) is 0 Å². The van der Waals surface area contributed by atoms with Crippen LogP contribution in [0.2, 0.25) is 0 Å². The smallest absolute Gasteiger partial charge is 0.310 e. The van der Waals surface area contributed by atoms with Crippen molar-refractivity contribution in [3.63, 3.8) is 0 Å². The topological polar surface area (TPSA) is 69.7 Å². The second-order valence-corrected chi connectivity index (χ2v) is 7.13. The van der Waals surface area contributed by atoms with Crippen molar-refractivity contribution >= 4 is 15.8 Å². The number of carbonyl (C=O) groups excluding carboxylic acids is 1. The molecule has 20 heavy (non-hydrogen) atoms. The van der Waals surface area contributed by atoms with Crippen LogP contribution in [-0.4, -0.2) is 40.0 Å². The van der Waals surface area contributed by atoms with Gasteiger partial charge in [-0.3, -0.25) is 4.79 Å². The first-order valence-corrected chi connectivity index (χ1v) is 7.90. The highest BCUT2D eigenvalue weighted by Crippen LogP contribution is 2.16. The van der Waals surface area contributed by atoms with Gasteiger partial charge in [-0.05, 0) is 31.5 Å². The Bertz CT molecular complexity index is 531. The number of carbonyl (C=O) groups is 1. The summed E-state index contributed by atoms with van der Waals surface area (Å²) in [6.07, 6.45) is 0.117. The maximum Gasteiger partial charge on any atom is 0.310 e. The Morgan fingerprint density at radius 3 is 2.25 bits per heavy atom. The number of benzene rings is 1. The van der Waals surface area contributed by atoms with Gasteiger partial charge in [-0.2, -0.15) is 0 Å². The van der Waals surface area contributed by atoms with E-state index in [-0.39, 0.29) is 23.9 Å². The molecule has 0 atom stereocenters. The van der Waals surface area contributed by atoms with E-state index in [2.05, 4.69) is 0 Å². The van der Waals surface area contributed by atoms with Crippen molar-refractivity contribution in [3.05, 3.63) is 29.8 Å². The third kappa shape index (κ3) is 4.61. The Labute approximate surface area is 119 Å². The summed E-state index contributed by atoms with van der Waals surface area (Å²) in [5.74, 6) is -0.360. The molecule has 0 aliphatic heterocycles. The van der Waals surface area contributed by atoms with Crippen molar-refractivity contribution in [1.29, 1.82) is 0 Å². The minimum absolute atomic E-state index is 0.117. The van der Waals surface area contributed by atoms with Crippen LogP contribution in [-0.2, 0) is 30.5 Å². The molecule has 1 rings (SSSR count). The SMILES string of the molecule is COCCOC(=O)Cc1ccc(S(=O)(=O)C(C)C)cc1. The summed E-state index contributed by atoms with van der Waals surface area (Å²) < 4.78 is 33.6. The van der Waals surface area contributed by atoms with Crippen LogP contribution in [0, 0.1) is 0 Å². The van der Waals surface area contributed by atoms with E-state index in [0.29, 0.717) is 6.61 Å². The number of ether oxygens (including phenoxy) is 2. The summed E-state index contributed by atoms with van der Waals surface area (Å²) in [6, 6.07) is 6.31. The fraction of sp³-hybridized carbons (Fsp3) is 0.500. The molecule has 0 aliphatic rings. The quantitative estimate of drug-likeness (QED) is 0.565. The molecule has 0 spiro atoms. The zero-order valence-electron chi connectivity index (χ0n) is 12.0. The van der Waals surface area contributed by atoms with Crippen molar-refractivity contribution in [2.45, 2.75) is 30.4 Å². The lowest BCUT2D eigenvalue weighted by Crippen LogP contribution is -2.14. The summed E-state index contributed by atoms with van der Waals surface area (Å²) in [7, 11) is -1.74. The Hall–Kier alpha value is -1.40. The molecule has 0 unspecified atom stereocenters. The van der Waals surface area contributed by atoms with Gasteiger partial charge in [-0.25, -0.2) is 8.42 Å². The second kappa shape index (κ2) is 7.40. The maximum atomic E-state index is 11.9. The van der Waals surface area contributed by atoms with E-state index in [9.17, 15) is 13.2 Å². The predicted molar refractivity (Wildman–Crippen MR) is 75.3 cm³/mol. The molecule has 1 aromatic carbocycles. The summed E-state index contributed by atoms with van der Waals surface area (Å²) in [6.45, 7) is 3.85. The van der Waals surface area contributed by atoms with Crippen molar-refractivity contribution < 1.29 is 22.7 Å². The number of sulfone groups is 1. The third-order valence-corrected chi connectivity index (χ3v) is 4.94. The molecular weight excluding hydrogens is 280 g/mol. The Morgan fingerprint density at radius 1 is 1.15 bits per heavy atom. The molecule has 0 bridgehead atoms. The molecule has 0 saturated heterocycles. The zero-order chi connectivity index (χ0) is 15.2. The maximum absolute atomic E-state index is 11.9. The lowest BCUT2D eigenvalue weighted by Gasteiger charge is -2.08. The number of hydrogen-bond acceptors (Lipinski definition) is 5. The van der Waals surface area contributed by atoms with Crippen molar-refractivity contribution in [2.24, 2.45) is 0 Å². The van der Waals surface area contributed by atoms with E-state index >= 15 is 0 Å². The van der Waals surface area contributed by atoms with Gasteiger partial charge in [0.05, 0.1) is 23.2 Å². The number of hydrogen-bond donors (Lipinski definition) is 0. The largest absolute Gasteiger partial charge is 0.463 e. The highest BCUT2D eigenvalue weighted by atomic mass is 32.2. The van der Waals surface area contributed by atoms with E-state index in [4.69, 9.17) is 9.47 Å². The molecule has 0 aromatic heterocycles. The first-order chi connectivity index (χ1) is 9.37. The van der Waals surface area contributed by atoms with Gasteiger partial charge >= 0.3 is 5.97 Å². The van der Waals surface area contributed by atoms with Crippen LogP contribution in [0.25, 0.3) is 0 Å². The highest BCUT2D eigenvalue weighted by molar-refractivity contribution is 7.92. The summed E-state index contributed by atoms with van der Waals surface area (Å²) in [5, 5.41) is -0.465. The van der Waals surface area contributed by atoms with Crippen LogP contribution in [0.3, 0.4) is 0 Å². The van der Waals surface area contributed by atoms with Crippen LogP contribution in [0.15, 0.2) is 29.2 Å². The van der Waals surface area contributed by atoms with Crippen molar-refractivity contribution in [3.8, 4) is 0 Å². The van der Waals surface area contributed by atoms with Gasteiger partial charge in [-0.15, -0.1) is 0 Å². The predicted octanol–water partition coefficient (Wildman–Crippen LogP) is 1.60. The fourth-order valence-corrected chi connectivity index (χ4v) is 2.59. The van der Waals surface area contributed by atoms with Crippen molar-refractivity contribution in [1.82, 2.24) is 0 Å². The van der Waals surface area contributed by atoms with Crippen LogP contribution in [0.1, 0.15) is 19.4 Å². The zero-order valence-corrected chi connectivity index (χ0v) is 12.8. The Kier molecular flexibility index (Phi) is 6.16. The number of rotatable bonds is 7. The standard InChI is InChI=1S/C14H20O5S/c1-11(2)20(16,17)13-6-4-12(5-7-13)10-14(15)19-9-8-18-3/h4-7,11H,8-10H2,1-3H3. The molecule has 0 N–H and O–H groups in total. The van der Waals surface area contributed by atoms with Gasteiger partial charge in [0.2, 0.25) is 0 Å². The second-order valence-electron chi connectivity index (χ2n) is 4.63. The number of methoxy groups -OCH3 is 1. The van der Waals surface area contributed by atoms with E-state index in [0.717, 1.165) is 5.56 Å². The molecule has 0 radical (unpaired) electrons. The van der Waals surface area contributed by atoms with E-state index in [1.54, 1.807) is 26.0 Å². The normalized spacial score (nSPS) is 11.6. The first kappa shape index (κ1) is 16.7. The summed E-state index contributed by atoms with van der Waals surface area (Å²) >= 11 is 0. The average Bonchev–Trinajstić information content (AvgIpc) is 2.39. The van der Waals surface area contributed by atoms with Crippen LogP contribution < -0.4 is 0 Å². The molecule has 0 amide bonds. The van der Waals surface area contributed by atoms with Gasteiger partial charge in [0.25, 0.3) is 0 Å². The molecule has 1 aromatic rings. The molecular formula is C14H20O5S. The van der Waals surface area contributed by atoms with Gasteiger partial charge in [0.15, 0.2) is 9.84 Å². The van der Waals surface area contributed by atoms with Crippen LogP contribution in [0.4, 0.5) is 0 Å². The monoisotopic (exact) mass is 300 g/mol. The van der Waals surface area contributed by atoms with Crippen molar-refractivity contribution in [2.75, 3.05) is 20.3 Å². The third-order valence-electron chi connectivity index (χ3n) is 2.77. The summed E-state index contributed by atoms with van der Waals surface area (Å²) in [5.41, 5.74) is 0.718. The van der Waals surface area contributed by atoms with Gasteiger partial charge in [-0.1, -0.05) is 12.1 Å². The van der Waals surface area contributed by atoms with Gasteiger partial charge < -0.3 is 9.47 Å². The van der Waals surface area contributed by atoms with Crippen LogP contribution >= 0.6 is 0 Å². The number of esters is 1.